The summed E-state index contributed by atoms with van der Waals surface area (Å²) in [6, 6.07) is 6.32. The van der Waals surface area contributed by atoms with Crippen LogP contribution in [0.15, 0.2) is 34.0 Å². The summed E-state index contributed by atoms with van der Waals surface area (Å²) in [5, 5.41) is 6.35. The Kier molecular flexibility index (Phi) is 5.16. The lowest BCUT2D eigenvalue weighted by molar-refractivity contribution is -0.122. The molecule has 1 aromatic heterocycles. The number of carbonyl (C=O) groups is 1. The van der Waals surface area contributed by atoms with Crippen molar-refractivity contribution < 1.29 is 13.2 Å². The number of aryl methyl sites for hydroxylation is 1. The highest BCUT2D eigenvalue weighted by molar-refractivity contribution is 7.89. The molecule has 0 atom stereocenters. The molecule has 0 aliphatic carbocycles. The van der Waals surface area contributed by atoms with Crippen LogP contribution in [0, 0.1) is 19.8 Å². The number of nitrogens with two attached hydrogens (primary N) is 1. The summed E-state index contributed by atoms with van der Waals surface area (Å²) >= 11 is 0. The molecule has 9 heteroatoms. The van der Waals surface area contributed by atoms with Gasteiger partial charge in [-0.15, -0.1) is 0 Å². The fourth-order valence-corrected chi connectivity index (χ4v) is 5.06. The van der Waals surface area contributed by atoms with E-state index >= 15 is 0 Å². The molecule has 1 aliphatic rings. The van der Waals surface area contributed by atoms with Gasteiger partial charge in [-0.05, 0) is 56.0 Å². The number of sulfonamides is 1. The molecule has 8 nitrogen and oxygen atoms in total. The molecule has 0 bridgehead atoms. The summed E-state index contributed by atoms with van der Waals surface area (Å²) in [5.74, 6) is -0.666. The van der Waals surface area contributed by atoms with Crippen molar-refractivity contribution >= 4 is 15.9 Å². The Labute approximate surface area is 157 Å². The Hall–Kier alpha value is -2.52. The van der Waals surface area contributed by atoms with Gasteiger partial charge in [-0.3, -0.25) is 9.59 Å². The van der Waals surface area contributed by atoms with Gasteiger partial charge in [0, 0.05) is 30.6 Å². The van der Waals surface area contributed by atoms with Gasteiger partial charge in [0.05, 0.1) is 10.6 Å². The van der Waals surface area contributed by atoms with Crippen LogP contribution in [0.3, 0.4) is 0 Å². The topological polar surface area (TPSA) is 126 Å². The van der Waals surface area contributed by atoms with Crippen LogP contribution in [0.2, 0.25) is 0 Å². The van der Waals surface area contributed by atoms with Gasteiger partial charge in [-0.1, -0.05) is 0 Å². The highest BCUT2D eigenvalue weighted by atomic mass is 32.2. The molecule has 27 heavy (non-hydrogen) atoms. The highest BCUT2D eigenvalue weighted by Gasteiger charge is 2.32. The van der Waals surface area contributed by atoms with E-state index in [2.05, 4.69) is 10.2 Å². The predicted octanol–water partition coefficient (Wildman–Crippen LogP) is 0.940. The number of H-pyrrole nitrogens is 1. The molecule has 1 aliphatic heterocycles. The molecule has 2 heterocycles. The Balaban J connectivity index is 1.99. The molecule has 3 rings (SSSR count). The molecular weight excluding hydrogens is 368 g/mol. The highest BCUT2D eigenvalue weighted by Crippen LogP contribution is 2.30. The van der Waals surface area contributed by atoms with E-state index in [0.29, 0.717) is 29.7 Å². The number of aromatic amines is 1. The summed E-state index contributed by atoms with van der Waals surface area (Å²) in [6.45, 7) is 4.12. The van der Waals surface area contributed by atoms with Crippen LogP contribution in [-0.4, -0.2) is 41.9 Å². The third kappa shape index (κ3) is 3.79. The Morgan fingerprint density at radius 2 is 1.89 bits per heavy atom. The molecule has 1 fully saturated rings. The van der Waals surface area contributed by atoms with Crippen LogP contribution < -0.4 is 11.3 Å². The van der Waals surface area contributed by atoms with Crippen LogP contribution in [0.25, 0.3) is 11.3 Å². The summed E-state index contributed by atoms with van der Waals surface area (Å²) in [7, 11) is -3.72. The molecule has 3 N–H and O–H groups in total. The van der Waals surface area contributed by atoms with Gasteiger partial charge in [0.15, 0.2) is 0 Å². The fourth-order valence-electron chi connectivity index (χ4n) is 3.27. The SMILES string of the molecule is Cc1cc(-c2ccc(=O)[nH]n2)cc(S(=O)(=O)N2CCC(C(N)=O)CC2)c1C. The molecule has 0 radical (unpaired) electrons. The Bertz CT molecular complexity index is 1020. The van der Waals surface area contributed by atoms with Crippen molar-refractivity contribution in [3.63, 3.8) is 0 Å². The number of carbonyl (C=O) groups excluding carboxylic acids is 1. The first-order chi connectivity index (χ1) is 12.7. The molecular formula is C18H22N4O4S. The van der Waals surface area contributed by atoms with E-state index in [1.807, 2.05) is 13.0 Å². The first-order valence-corrected chi connectivity index (χ1v) is 10.1. The van der Waals surface area contributed by atoms with E-state index in [0.717, 1.165) is 5.56 Å². The van der Waals surface area contributed by atoms with Crippen molar-refractivity contribution in [3.8, 4) is 11.3 Å². The molecule has 0 spiro atoms. The molecule has 2 aromatic rings. The summed E-state index contributed by atoms with van der Waals surface area (Å²) < 4.78 is 27.8. The maximum absolute atomic E-state index is 13.2. The Morgan fingerprint density at radius 1 is 1.22 bits per heavy atom. The van der Waals surface area contributed by atoms with Crippen LogP contribution in [-0.2, 0) is 14.8 Å². The monoisotopic (exact) mass is 390 g/mol. The average Bonchev–Trinajstić information content (AvgIpc) is 2.64. The van der Waals surface area contributed by atoms with Crippen LogP contribution in [0.1, 0.15) is 24.0 Å². The number of nitrogens with one attached hydrogen (secondary N) is 1. The molecule has 1 amide bonds. The number of hydrogen-bond donors (Lipinski definition) is 2. The zero-order valence-corrected chi connectivity index (χ0v) is 16.0. The third-order valence-electron chi connectivity index (χ3n) is 5.07. The second-order valence-electron chi connectivity index (χ2n) is 6.80. The van der Waals surface area contributed by atoms with Crippen LogP contribution >= 0.6 is 0 Å². The standard InChI is InChI=1S/C18H22N4O4S/c1-11-9-14(15-3-4-17(23)21-20-15)10-16(12(11)2)27(25,26)22-7-5-13(6-8-22)18(19)24/h3-4,9-10,13H,5-8H2,1-2H3,(H2,19,24)(H,21,23). The van der Waals surface area contributed by atoms with E-state index in [1.165, 1.54) is 10.4 Å². The molecule has 1 aromatic carbocycles. The van der Waals surface area contributed by atoms with Gasteiger partial charge in [0.25, 0.3) is 5.56 Å². The van der Waals surface area contributed by atoms with Gasteiger partial charge in [-0.25, -0.2) is 13.5 Å². The molecule has 0 unspecified atom stereocenters. The smallest absolute Gasteiger partial charge is 0.264 e. The van der Waals surface area contributed by atoms with E-state index in [9.17, 15) is 18.0 Å². The second-order valence-corrected chi connectivity index (χ2v) is 8.71. The van der Waals surface area contributed by atoms with Crippen molar-refractivity contribution in [1.82, 2.24) is 14.5 Å². The quantitative estimate of drug-likeness (QED) is 0.803. The van der Waals surface area contributed by atoms with E-state index in [1.54, 1.807) is 19.1 Å². The largest absolute Gasteiger partial charge is 0.369 e. The van der Waals surface area contributed by atoms with Crippen molar-refractivity contribution in [3.05, 3.63) is 45.7 Å². The van der Waals surface area contributed by atoms with Crippen molar-refractivity contribution in [2.75, 3.05) is 13.1 Å². The number of aromatic nitrogens is 2. The van der Waals surface area contributed by atoms with Gasteiger partial charge in [0.2, 0.25) is 15.9 Å². The molecule has 1 saturated heterocycles. The van der Waals surface area contributed by atoms with Crippen molar-refractivity contribution in [1.29, 1.82) is 0 Å². The first kappa shape index (κ1) is 19.2. The minimum Gasteiger partial charge on any atom is -0.369 e. The second kappa shape index (κ2) is 7.24. The molecule has 0 saturated carbocycles. The van der Waals surface area contributed by atoms with Gasteiger partial charge < -0.3 is 5.73 Å². The Morgan fingerprint density at radius 3 is 2.44 bits per heavy atom. The van der Waals surface area contributed by atoms with E-state index in [4.69, 9.17) is 5.73 Å². The zero-order valence-electron chi connectivity index (χ0n) is 15.2. The number of amides is 1. The normalized spacial score (nSPS) is 16.4. The number of primary amides is 1. The maximum Gasteiger partial charge on any atom is 0.264 e. The number of hydrogen-bond acceptors (Lipinski definition) is 5. The lowest BCUT2D eigenvalue weighted by Crippen LogP contribution is -2.41. The molecule has 144 valence electrons. The zero-order chi connectivity index (χ0) is 19.8. The number of benzene rings is 1. The number of rotatable bonds is 4. The summed E-state index contributed by atoms with van der Waals surface area (Å²) in [6.07, 6.45) is 0.849. The van der Waals surface area contributed by atoms with E-state index in [-0.39, 0.29) is 35.4 Å². The predicted molar refractivity (Wildman–Crippen MR) is 100 cm³/mol. The average molecular weight is 390 g/mol. The summed E-state index contributed by atoms with van der Waals surface area (Å²) in [4.78, 5) is 22.8. The summed E-state index contributed by atoms with van der Waals surface area (Å²) in [5.41, 5.74) is 7.58. The van der Waals surface area contributed by atoms with Crippen molar-refractivity contribution in [2.24, 2.45) is 11.7 Å². The fraction of sp³-hybridized carbons (Fsp3) is 0.389. The lowest BCUT2D eigenvalue weighted by Gasteiger charge is -2.30. The maximum atomic E-state index is 13.2. The van der Waals surface area contributed by atoms with Gasteiger partial charge >= 0.3 is 0 Å². The minimum atomic E-state index is -3.72. The van der Waals surface area contributed by atoms with E-state index < -0.39 is 10.0 Å². The van der Waals surface area contributed by atoms with Gasteiger partial charge in [-0.2, -0.15) is 9.40 Å². The third-order valence-corrected chi connectivity index (χ3v) is 7.09. The van der Waals surface area contributed by atoms with Crippen molar-refractivity contribution in [2.45, 2.75) is 31.6 Å². The number of piperidine rings is 1. The lowest BCUT2D eigenvalue weighted by atomic mass is 9.98. The minimum absolute atomic E-state index is 0.211. The number of nitrogens with zero attached hydrogens (tertiary/aromatic N) is 2. The van der Waals surface area contributed by atoms with Crippen LogP contribution in [0.4, 0.5) is 0 Å². The van der Waals surface area contributed by atoms with Crippen LogP contribution in [0.5, 0.6) is 0 Å². The first-order valence-electron chi connectivity index (χ1n) is 8.67. The van der Waals surface area contributed by atoms with Gasteiger partial charge in [0.1, 0.15) is 0 Å².